The molecule has 0 bridgehead atoms. The van der Waals surface area contributed by atoms with Crippen LogP contribution in [0.2, 0.25) is 0 Å². The van der Waals surface area contributed by atoms with Crippen molar-refractivity contribution in [1.29, 1.82) is 0 Å². The summed E-state index contributed by atoms with van der Waals surface area (Å²) >= 11 is 0. The standard InChI is InChI=1S/C20H22N2O2/c1-15(13-19(23)17-8-3-2-4-9-17)21-20(24)14-22-12-11-16-7-5-6-10-18(16)22/h2-12,15,19,23H,13-14H2,1H3,(H,21,24). The van der Waals surface area contributed by atoms with Gasteiger partial charge in [-0.05, 0) is 36.4 Å². The van der Waals surface area contributed by atoms with E-state index in [4.69, 9.17) is 0 Å². The van der Waals surface area contributed by atoms with Crippen molar-refractivity contribution in [2.75, 3.05) is 0 Å². The first-order valence-electron chi connectivity index (χ1n) is 8.20. The number of carbonyl (C=O) groups excluding carboxylic acids is 1. The highest BCUT2D eigenvalue weighted by atomic mass is 16.3. The first-order valence-corrected chi connectivity index (χ1v) is 8.20. The summed E-state index contributed by atoms with van der Waals surface area (Å²) < 4.78 is 1.94. The molecule has 2 N–H and O–H groups in total. The molecule has 4 nitrogen and oxygen atoms in total. The maximum atomic E-state index is 12.3. The van der Waals surface area contributed by atoms with Crippen LogP contribution in [-0.2, 0) is 11.3 Å². The van der Waals surface area contributed by atoms with Gasteiger partial charge in [-0.3, -0.25) is 4.79 Å². The SMILES string of the molecule is CC(CC(O)c1ccccc1)NC(=O)Cn1ccc2ccccc21. The molecule has 1 heterocycles. The molecule has 0 fully saturated rings. The molecule has 24 heavy (non-hydrogen) atoms. The van der Waals surface area contributed by atoms with Crippen molar-refractivity contribution in [1.82, 2.24) is 9.88 Å². The van der Waals surface area contributed by atoms with Crippen LogP contribution in [0.3, 0.4) is 0 Å². The Morgan fingerprint density at radius 3 is 2.58 bits per heavy atom. The van der Waals surface area contributed by atoms with Gasteiger partial charge in [-0.2, -0.15) is 0 Å². The molecule has 3 aromatic rings. The second kappa shape index (κ2) is 7.32. The number of hydrogen-bond acceptors (Lipinski definition) is 2. The number of aliphatic hydroxyl groups is 1. The molecular weight excluding hydrogens is 300 g/mol. The molecule has 0 aliphatic heterocycles. The number of rotatable bonds is 6. The Morgan fingerprint density at radius 2 is 1.79 bits per heavy atom. The summed E-state index contributed by atoms with van der Waals surface area (Å²) in [5, 5.41) is 14.3. The third kappa shape index (κ3) is 3.84. The van der Waals surface area contributed by atoms with Crippen molar-refractivity contribution in [2.24, 2.45) is 0 Å². The van der Waals surface area contributed by atoms with Crippen molar-refractivity contribution in [3.63, 3.8) is 0 Å². The Labute approximate surface area is 141 Å². The molecule has 0 saturated heterocycles. The van der Waals surface area contributed by atoms with Gasteiger partial charge in [0.25, 0.3) is 0 Å². The van der Waals surface area contributed by atoms with Gasteiger partial charge in [0.05, 0.1) is 6.10 Å². The maximum absolute atomic E-state index is 12.3. The minimum atomic E-state index is -0.575. The van der Waals surface area contributed by atoms with E-state index >= 15 is 0 Å². The van der Waals surface area contributed by atoms with Crippen molar-refractivity contribution in [3.8, 4) is 0 Å². The van der Waals surface area contributed by atoms with Crippen LogP contribution >= 0.6 is 0 Å². The normalized spacial score (nSPS) is 13.6. The van der Waals surface area contributed by atoms with Crippen molar-refractivity contribution < 1.29 is 9.90 Å². The summed E-state index contributed by atoms with van der Waals surface area (Å²) in [7, 11) is 0. The van der Waals surface area contributed by atoms with Gasteiger partial charge in [0.15, 0.2) is 0 Å². The summed E-state index contributed by atoms with van der Waals surface area (Å²) in [5.74, 6) is -0.0517. The van der Waals surface area contributed by atoms with E-state index in [0.29, 0.717) is 6.42 Å². The summed E-state index contributed by atoms with van der Waals surface area (Å²) in [6.45, 7) is 2.19. The summed E-state index contributed by atoms with van der Waals surface area (Å²) in [4.78, 5) is 12.3. The zero-order valence-corrected chi connectivity index (χ0v) is 13.7. The molecule has 0 saturated carbocycles. The van der Waals surface area contributed by atoms with Gasteiger partial charge >= 0.3 is 0 Å². The van der Waals surface area contributed by atoms with Gasteiger partial charge in [-0.1, -0.05) is 48.5 Å². The van der Waals surface area contributed by atoms with Gasteiger partial charge in [0.1, 0.15) is 6.54 Å². The summed E-state index contributed by atoms with van der Waals surface area (Å²) in [6, 6.07) is 19.4. The van der Waals surface area contributed by atoms with Crippen molar-refractivity contribution >= 4 is 16.8 Å². The zero-order valence-electron chi connectivity index (χ0n) is 13.7. The summed E-state index contributed by atoms with van der Waals surface area (Å²) in [6.07, 6.45) is 1.84. The number of para-hydroxylation sites is 1. The van der Waals surface area contributed by atoms with Crippen LogP contribution < -0.4 is 5.32 Å². The third-order valence-corrected chi connectivity index (χ3v) is 4.16. The average Bonchev–Trinajstić information content (AvgIpc) is 2.98. The van der Waals surface area contributed by atoms with E-state index in [-0.39, 0.29) is 18.5 Å². The lowest BCUT2D eigenvalue weighted by molar-refractivity contribution is -0.122. The molecular formula is C20H22N2O2. The van der Waals surface area contributed by atoms with E-state index in [2.05, 4.69) is 5.32 Å². The lowest BCUT2D eigenvalue weighted by atomic mass is 10.0. The third-order valence-electron chi connectivity index (χ3n) is 4.16. The largest absolute Gasteiger partial charge is 0.388 e. The molecule has 4 heteroatoms. The first kappa shape index (κ1) is 16.3. The molecule has 2 unspecified atom stereocenters. The zero-order chi connectivity index (χ0) is 16.9. The number of nitrogens with one attached hydrogen (secondary N) is 1. The van der Waals surface area contributed by atoms with E-state index in [1.807, 2.05) is 78.4 Å². The van der Waals surface area contributed by atoms with E-state index in [9.17, 15) is 9.90 Å². The van der Waals surface area contributed by atoms with Gasteiger partial charge in [0, 0.05) is 17.8 Å². The number of aromatic nitrogens is 1. The molecule has 1 amide bonds. The fraction of sp³-hybridized carbons (Fsp3) is 0.250. The monoisotopic (exact) mass is 322 g/mol. The Morgan fingerprint density at radius 1 is 1.08 bits per heavy atom. The van der Waals surface area contributed by atoms with Gasteiger partial charge in [-0.25, -0.2) is 0 Å². The van der Waals surface area contributed by atoms with Crippen molar-refractivity contribution in [2.45, 2.75) is 32.0 Å². The van der Waals surface area contributed by atoms with E-state index in [0.717, 1.165) is 16.5 Å². The molecule has 2 aromatic carbocycles. The van der Waals surface area contributed by atoms with Gasteiger partial charge < -0.3 is 15.0 Å². The Kier molecular flexibility index (Phi) is 4.96. The fourth-order valence-electron chi connectivity index (χ4n) is 2.96. The van der Waals surface area contributed by atoms with Crippen LogP contribution in [0.1, 0.15) is 25.0 Å². The quantitative estimate of drug-likeness (QED) is 0.732. The number of benzene rings is 2. The molecule has 0 aliphatic rings. The number of aliphatic hydroxyl groups excluding tert-OH is 1. The van der Waals surface area contributed by atoms with Crippen LogP contribution in [0.4, 0.5) is 0 Å². The molecule has 0 spiro atoms. The van der Waals surface area contributed by atoms with Crippen LogP contribution in [0, 0.1) is 0 Å². The number of carbonyl (C=O) groups is 1. The molecule has 2 atom stereocenters. The highest BCUT2D eigenvalue weighted by molar-refractivity contribution is 5.83. The number of fused-ring (bicyclic) bond motifs is 1. The highest BCUT2D eigenvalue weighted by Gasteiger charge is 2.14. The average molecular weight is 322 g/mol. The number of hydrogen-bond donors (Lipinski definition) is 2. The number of nitrogens with zero attached hydrogens (tertiary/aromatic N) is 1. The lowest BCUT2D eigenvalue weighted by Crippen LogP contribution is -2.36. The predicted octanol–water partition coefficient (Wildman–Crippen LogP) is 3.27. The topological polar surface area (TPSA) is 54.3 Å². The van der Waals surface area contributed by atoms with Crippen molar-refractivity contribution in [3.05, 3.63) is 72.4 Å². The lowest BCUT2D eigenvalue weighted by Gasteiger charge is -2.18. The Bertz CT molecular complexity index is 811. The second-order valence-electron chi connectivity index (χ2n) is 6.13. The van der Waals surface area contributed by atoms with Crippen LogP contribution in [-0.4, -0.2) is 21.6 Å². The minimum Gasteiger partial charge on any atom is -0.388 e. The van der Waals surface area contributed by atoms with E-state index in [1.165, 1.54) is 0 Å². The second-order valence-corrected chi connectivity index (χ2v) is 6.13. The molecule has 0 radical (unpaired) electrons. The van der Waals surface area contributed by atoms with Crippen LogP contribution in [0.15, 0.2) is 66.9 Å². The van der Waals surface area contributed by atoms with Gasteiger partial charge in [-0.15, -0.1) is 0 Å². The molecule has 1 aromatic heterocycles. The fourth-order valence-corrected chi connectivity index (χ4v) is 2.96. The summed E-state index contributed by atoms with van der Waals surface area (Å²) in [5.41, 5.74) is 1.92. The van der Waals surface area contributed by atoms with Crippen LogP contribution in [0.25, 0.3) is 10.9 Å². The predicted molar refractivity (Wildman–Crippen MR) is 95.6 cm³/mol. The molecule has 124 valence electrons. The first-order chi connectivity index (χ1) is 11.6. The van der Waals surface area contributed by atoms with Gasteiger partial charge in [0.2, 0.25) is 5.91 Å². The van der Waals surface area contributed by atoms with E-state index < -0.39 is 6.10 Å². The minimum absolute atomic E-state index is 0.0517. The van der Waals surface area contributed by atoms with Crippen LogP contribution in [0.5, 0.6) is 0 Å². The smallest absolute Gasteiger partial charge is 0.240 e. The van der Waals surface area contributed by atoms with E-state index in [1.54, 1.807) is 0 Å². The number of amides is 1. The Balaban J connectivity index is 1.56. The molecule has 0 aliphatic carbocycles. The molecule has 3 rings (SSSR count). The highest BCUT2D eigenvalue weighted by Crippen LogP contribution is 2.18. The maximum Gasteiger partial charge on any atom is 0.240 e. The Hall–Kier alpha value is -2.59.